The number of benzene rings is 2. The zero-order valence-corrected chi connectivity index (χ0v) is 16.1. The van der Waals surface area contributed by atoms with Crippen molar-refractivity contribution >= 4 is 27.0 Å². The first-order chi connectivity index (χ1) is 13.4. The summed E-state index contributed by atoms with van der Waals surface area (Å²) in [6.45, 7) is 1.19. The van der Waals surface area contributed by atoms with Gasteiger partial charge in [-0.15, -0.1) is 0 Å². The molecule has 0 spiro atoms. The number of carboxylic acids is 1. The Balaban J connectivity index is 1.72. The predicted octanol–water partition coefficient (Wildman–Crippen LogP) is 1.53. The summed E-state index contributed by atoms with van der Waals surface area (Å²) in [4.78, 5) is 10.6. The molecule has 1 aromatic heterocycles. The Hall–Kier alpha value is -2.84. The molecule has 1 N–H and O–H groups in total. The standard InChI is InChI=1S/C20H21NO6S/c1-14-17(12-21-28(24,25)11-10-15-6-3-2-4-7-15)16-8-5-9-18(20(16)27-14)26-13-19(22)23/h2-9,21H,10-13H2,1H3,(H,22,23)/p-1. The molecule has 0 unspecified atom stereocenters. The molecule has 1 heterocycles. The molecule has 7 nitrogen and oxygen atoms in total. The minimum Gasteiger partial charge on any atom is -0.546 e. The number of rotatable bonds is 9. The first-order valence-corrected chi connectivity index (χ1v) is 10.4. The van der Waals surface area contributed by atoms with Crippen LogP contribution in [0.25, 0.3) is 11.0 Å². The fraction of sp³-hybridized carbons (Fsp3) is 0.250. The van der Waals surface area contributed by atoms with Crippen LogP contribution in [-0.4, -0.2) is 26.7 Å². The third-order valence-electron chi connectivity index (χ3n) is 4.30. The van der Waals surface area contributed by atoms with Gasteiger partial charge in [-0.25, -0.2) is 13.1 Å². The molecule has 8 heteroatoms. The van der Waals surface area contributed by atoms with Crippen LogP contribution in [0.5, 0.6) is 5.75 Å². The van der Waals surface area contributed by atoms with Gasteiger partial charge in [-0.1, -0.05) is 42.5 Å². The van der Waals surface area contributed by atoms with Gasteiger partial charge in [0.25, 0.3) is 0 Å². The van der Waals surface area contributed by atoms with Gasteiger partial charge < -0.3 is 19.1 Å². The number of para-hydroxylation sites is 1. The molecular formula is C20H20NO6S-. The Kier molecular flexibility index (Phi) is 6.01. The van der Waals surface area contributed by atoms with Gasteiger partial charge in [-0.2, -0.15) is 0 Å². The summed E-state index contributed by atoms with van der Waals surface area (Å²) in [6, 6.07) is 14.4. The molecule has 0 atom stereocenters. The van der Waals surface area contributed by atoms with E-state index in [0.29, 0.717) is 28.7 Å². The summed E-state index contributed by atoms with van der Waals surface area (Å²) >= 11 is 0. The van der Waals surface area contributed by atoms with E-state index >= 15 is 0 Å². The van der Waals surface area contributed by atoms with E-state index in [1.807, 2.05) is 30.3 Å². The fourth-order valence-electron chi connectivity index (χ4n) is 2.88. The number of carbonyl (C=O) groups excluding carboxylic acids is 1. The van der Waals surface area contributed by atoms with Crippen LogP contribution in [0.4, 0.5) is 0 Å². The van der Waals surface area contributed by atoms with Crippen LogP contribution in [0.3, 0.4) is 0 Å². The van der Waals surface area contributed by atoms with Crippen molar-refractivity contribution < 1.29 is 27.5 Å². The van der Waals surface area contributed by atoms with E-state index in [9.17, 15) is 18.3 Å². The fourth-order valence-corrected chi connectivity index (χ4v) is 3.90. The highest BCUT2D eigenvalue weighted by Gasteiger charge is 2.17. The van der Waals surface area contributed by atoms with Gasteiger partial charge >= 0.3 is 0 Å². The number of nitrogens with one attached hydrogen (secondary N) is 1. The molecular weight excluding hydrogens is 382 g/mol. The second-order valence-electron chi connectivity index (χ2n) is 6.31. The second kappa shape index (κ2) is 8.45. The SMILES string of the molecule is Cc1oc2c(OCC(=O)[O-])cccc2c1CNS(=O)(=O)CCc1ccccc1. The molecule has 0 bridgehead atoms. The van der Waals surface area contributed by atoms with Crippen LogP contribution in [0.1, 0.15) is 16.9 Å². The van der Waals surface area contributed by atoms with Crippen molar-refractivity contribution in [3.05, 3.63) is 65.4 Å². The van der Waals surface area contributed by atoms with Gasteiger partial charge in [-0.3, -0.25) is 0 Å². The lowest BCUT2D eigenvalue weighted by molar-refractivity contribution is -0.307. The van der Waals surface area contributed by atoms with Crippen molar-refractivity contribution in [2.24, 2.45) is 0 Å². The number of fused-ring (bicyclic) bond motifs is 1. The lowest BCUT2D eigenvalue weighted by atomic mass is 10.1. The van der Waals surface area contributed by atoms with Crippen LogP contribution >= 0.6 is 0 Å². The smallest absolute Gasteiger partial charge is 0.212 e. The second-order valence-corrected chi connectivity index (χ2v) is 8.23. The largest absolute Gasteiger partial charge is 0.546 e. The highest BCUT2D eigenvalue weighted by Crippen LogP contribution is 2.32. The van der Waals surface area contributed by atoms with Gasteiger partial charge in [0.05, 0.1) is 11.7 Å². The summed E-state index contributed by atoms with van der Waals surface area (Å²) in [5.41, 5.74) is 2.00. The summed E-state index contributed by atoms with van der Waals surface area (Å²) in [5.74, 6) is -0.564. The molecule has 3 aromatic rings. The normalized spacial score (nSPS) is 11.6. The maximum atomic E-state index is 12.4. The maximum absolute atomic E-state index is 12.4. The number of sulfonamides is 1. The van der Waals surface area contributed by atoms with Crippen LogP contribution < -0.4 is 14.6 Å². The first kappa shape index (κ1) is 19.9. The number of hydrogen-bond acceptors (Lipinski definition) is 6. The minimum absolute atomic E-state index is 0.0220. The Morgan fingerprint density at radius 2 is 1.89 bits per heavy atom. The summed E-state index contributed by atoms with van der Waals surface area (Å²) < 4.78 is 38.2. The highest BCUT2D eigenvalue weighted by atomic mass is 32.2. The van der Waals surface area contributed by atoms with E-state index in [-0.39, 0.29) is 18.0 Å². The number of carboxylic acid groups (broad SMARTS) is 1. The number of furan rings is 1. The molecule has 28 heavy (non-hydrogen) atoms. The van der Waals surface area contributed by atoms with Gasteiger partial charge in [-0.05, 0) is 25.0 Å². The number of ether oxygens (including phenoxy) is 1. The Morgan fingerprint density at radius 3 is 2.61 bits per heavy atom. The van der Waals surface area contributed by atoms with Crippen LogP contribution in [0.2, 0.25) is 0 Å². The molecule has 0 aliphatic heterocycles. The molecule has 0 saturated carbocycles. The van der Waals surface area contributed by atoms with Crippen molar-refractivity contribution in [1.29, 1.82) is 0 Å². The van der Waals surface area contributed by atoms with Crippen molar-refractivity contribution in [1.82, 2.24) is 4.72 Å². The summed E-state index contributed by atoms with van der Waals surface area (Å²) in [6.07, 6.45) is 0.419. The molecule has 0 aliphatic rings. The average Bonchev–Trinajstić information content (AvgIpc) is 3.00. The van der Waals surface area contributed by atoms with Crippen molar-refractivity contribution in [3.63, 3.8) is 0 Å². The molecule has 148 valence electrons. The van der Waals surface area contributed by atoms with E-state index in [1.54, 1.807) is 25.1 Å². The van der Waals surface area contributed by atoms with Gasteiger partial charge in [0.15, 0.2) is 11.3 Å². The van der Waals surface area contributed by atoms with Crippen LogP contribution in [0.15, 0.2) is 52.9 Å². The molecule has 0 amide bonds. The number of aryl methyl sites for hydroxylation is 2. The third-order valence-corrected chi connectivity index (χ3v) is 5.63. The molecule has 2 aromatic carbocycles. The van der Waals surface area contributed by atoms with E-state index in [4.69, 9.17) is 9.15 Å². The van der Waals surface area contributed by atoms with Crippen LogP contribution in [-0.2, 0) is 27.8 Å². The minimum atomic E-state index is -3.48. The van der Waals surface area contributed by atoms with Gasteiger partial charge in [0, 0.05) is 17.5 Å². The monoisotopic (exact) mass is 402 g/mol. The Labute approximate surface area is 163 Å². The Morgan fingerprint density at radius 1 is 1.14 bits per heavy atom. The van der Waals surface area contributed by atoms with Gasteiger partial charge in [0.1, 0.15) is 12.4 Å². The first-order valence-electron chi connectivity index (χ1n) is 8.70. The van der Waals surface area contributed by atoms with E-state index < -0.39 is 22.6 Å². The lowest BCUT2D eigenvalue weighted by Crippen LogP contribution is -2.28. The predicted molar refractivity (Wildman–Crippen MR) is 102 cm³/mol. The lowest BCUT2D eigenvalue weighted by Gasteiger charge is -2.08. The average molecular weight is 402 g/mol. The van der Waals surface area contributed by atoms with Crippen molar-refractivity contribution in [3.8, 4) is 5.75 Å². The number of hydrogen-bond donors (Lipinski definition) is 1. The van der Waals surface area contributed by atoms with Crippen molar-refractivity contribution in [2.45, 2.75) is 19.9 Å². The van der Waals surface area contributed by atoms with E-state index in [2.05, 4.69) is 4.72 Å². The molecule has 0 fully saturated rings. The van der Waals surface area contributed by atoms with Crippen LogP contribution in [0, 0.1) is 6.92 Å². The number of aliphatic carboxylic acids is 1. The molecule has 3 rings (SSSR count). The zero-order chi connectivity index (χ0) is 20.1. The number of carbonyl (C=O) groups is 1. The highest BCUT2D eigenvalue weighted by molar-refractivity contribution is 7.89. The summed E-state index contributed by atoms with van der Waals surface area (Å²) in [7, 11) is -3.48. The topological polar surface area (TPSA) is 109 Å². The summed E-state index contributed by atoms with van der Waals surface area (Å²) in [5, 5.41) is 11.3. The van der Waals surface area contributed by atoms with Gasteiger partial charge in [0.2, 0.25) is 10.0 Å². The molecule has 0 saturated heterocycles. The molecule has 0 aliphatic carbocycles. The van der Waals surface area contributed by atoms with E-state index in [0.717, 1.165) is 5.56 Å². The zero-order valence-electron chi connectivity index (χ0n) is 15.3. The third kappa shape index (κ3) is 4.90. The van der Waals surface area contributed by atoms with Crippen molar-refractivity contribution in [2.75, 3.05) is 12.4 Å². The molecule has 0 radical (unpaired) electrons. The van der Waals surface area contributed by atoms with E-state index in [1.165, 1.54) is 0 Å². The Bertz CT molecular complexity index is 1070. The maximum Gasteiger partial charge on any atom is 0.212 e. The quantitative estimate of drug-likeness (QED) is 0.581.